The first kappa shape index (κ1) is 45.1. The van der Waals surface area contributed by atoms with Crippen molar-refractivity contribution in [3.63, 3.8) is 0 Å². The fourth-order valence-corrected chi connectivity index (χ4v) is 8.46. The molecule has 0 spiro atoms. The number of carbonyl (C=O) groups excluding carboxylic acids is 2. The fraction of sp³-hybridized carbons (Fsp3) is 0.946. The van der Waals surface area contributed by atoms with Crippen molar-refractivity contribution in [2.75, 3.05) is 21.2 Å². The number of hydrogen-bond donors (Lipinski definition) is 6. The van der Waals surface area contributed by atoms with Crippen LogP contribution in [0.1, 0.15) is 88.5 Å². The van der Waals surface area contributed by atoms with E-state index in [1.807, 2.05) is 25.9 Å². The molecule has 19 atom stereocenters. The fourth-order valence-electron chi connectivity index (χ4n) is 8.46. The number of aliphatic hydroxyl groups is 6. The summed E-state index contributed by atoms with van der Waals surface area (Å²) in [5.74, 6) is -5.61. The van der Waals surface area contributed by atoms with Crippen LogP contribution in [0.3, 0.4) is 0 Å². The van der Waals surface area contributed by atoms with Crippen LogP contribution >= 0.6 is 0 Å². The van der Waals surface area contributed by atoms with Gasteiger partial charge in [0.1, 0.15) is 23.6 Å². The minimum Gasteiger partial charge on any atom is -0.456 e. The average Bonchev–Trinajstić information content (AvgIpc) is 3.05. The number of hydrogen-bond acceptors (Lipinski definition) is 15. The zero-order valence-electron chi connectivity index (χ0n) is 33.3. The van der Waals surface area contributed by atoms with Crippen molar-refractivity contribution in [1.29, 1.82) is 0 Å². The van der Waals surface area contributed by atoms with E-state index in [4.69, 9.17) is 28.4 Å². The lowest BCUT2D eigenvalue weighted by Gasteiger charge is -2.49. The van der Waals surface area contributed by atoms with Crippen LogP contribution in [0.5, 0.6) is 0 Å². The van der Waals surface area contributed by atoms with Gasteiger partial charge in [-0.25, -0.2) is 0 Å². The molecule has 0 bridgehead atoms. The van der Waals surface area contributed by atoms with Gasteiger partial charge in [0.25, 0.3) is 0 Å². The first-order chi connectivity index (χ1) is 23.8. The van der Waals surface area contributed by atoms with E-state index in [2.05, 4.69) is 0 Å². The van der Waals surface area contributed by atoms with E-state index in [9.17, 15) is 40.2 Å². The van der Waals surface area contributed by atoms with Crippen molar-refractivity contribution in [1.82, 2.24) is 4.90 Å². The van der Waals surface area contributed by atoms with Crippen LogP contribution in [-0.2, 0) is 38.0 Å². The third-order valence-corrected chi connectivity index (χ3v) is 11.8. The number of methoxy groups -OCH3 is 1. The van der Waals surface area contributed by atoms with Crippen LogP contribution in [0.2, 0.25) is 0 Å². The second-order valence-corrected chi connectivity index (χ2v) is 16.7. The maximum Gasteiger partial charge on any atom is 0.311 e. The molecule has 3 rings (SSSR count). The van der Waals surface area contributed by atoms with Crippen molar-refractivity contribution in [2.24, 2.45) is 23.7 Å². The Kier molecular flexibility index (Phi) is 14.9. The number of aliphatic hydroxyl groups excluding tert-OH is 4. The van der Waals surface area contributed by atoms with Crippen LogP contribution in [-0.4, -0.2) is 159 Å². The topological polar surface area (TPSA) is 214 Å². The number of rotatable bonds is 7. The van der Waals surface area contributed by atoms with E-state index < -0.39 is 114 Å². The summed E-state index contributed by atoms with van der Waals surface area (Å²) in [5.41, 5.74) is -5.20. The summed E-state index contributed by atoms with van der Waals surface area (Å²) in [5, 5.41) is 68.4. The number of ketones is 1. The molecule has 3 fully saturated rings. The van der Waals surface area contributed by atoms with Crippen molar-refractivity contribution >= 4 is 11.8 Å². The summed E-state index contributed by atoms with van der Waals surface area (Å²) in [6.45, 7) is 15.4. The number of ether oxygens (including phenoxy) is 6. The molecule has 15 nitrogen and oxygen atoms in total. The van der Waals surface area contributed by atoms with E-state index in [0.29, 0.717) is 6.42 Å². The normalized spacial score (nSPS) is 49.7. The van der Waals surface area contributed by atoms with Crippen LogP contribution in [0.25, 0.3) is 0 Å². The summed E-state index contributed by atoms with van der Waals surface area (Å²) in [6.07, 6.45) is -12.4. The van der Waals surface area contributed by atoms with Gasteiger partial charge in [0.05, 0.1) is 53.7 Å². The van der Waals surface area contributed by atoms with Crippen LogP contribution in [0.15, 0.2) is 0 Å². The maximum atomic E-state index is 14.1. The second kappa shape index (κ2) is 17.2. The minimum atomic E-state index is -2.27. The number of carbonyl (C=O) groups is 2. The number of cyclic esters (lactones) is 1. The molecule has 0 aromatic carbocycles. The molecule has 0 aromatic heterocycles. The molecule has 0 amide bonds. The van der Waals surface area contributed by atoms with Crippen molar-refractivity contribution in [3.8, 4) is 0 Å². The SMILES string of the molecule is COC1(C)CC(O[C@H]2[C@H](C)[C@@H](OC3OC(C)CC(N(C)C)C3O)[C@](C)(O)C[C@@H](C)C(=O)[C@H](C)[C@@H](O)[C@](C)(O)[C@@H]([C@H](C)O)OC(=O)[C@@H]2C)OC(C)C1O. The molecule has 15 heteroatoms. The Hall–Kier alpha value is -1.34. The van der Waals surface area contributed by atoms with E-state index in [1.54, 1.807) is 27.7 Å². The van der Waals surface area contributed by atoms with Crippen LogP contribution in [0.4, 0.5) is 0 Å². The number of nitrogens with zero attached hydrogens (tertiary/aromatic N) is 1. The molecule has 3 aliphatic heterocycles. The number of Topliss-reactive ketones (excluding diaryl/α,β-unsaturated/α-hetero) is 1. The van der Waals surface area contributed by atoms with E-state index in [-0.39, 0.29) is 25.0 Å². The molecule has 52 heavy (non-hydrogen) atoms. The summed E-state index contributed by atoms with van der Waals surface area (Å²) < 4.78 is 36.8. The summed E-state index contributed by atoms with van der Waals surface area (Å²) >= 11 is 0. The van der Waals surface area contributed by atoms with Crippen molar-refractivity contribution in [3.05, 3.63) is 0 Å². The number of esters is 1. The first-order valence-corrected chi connectivity index (χ1v) is 18.5. The summed E-state index contributed by atoms with van der Waals surface area (Å²) in [6, 6.07) is -0.350. The van der Waals surface area contributed by atoms with Crippen molar-refractivity contribution in [2.45, 2.75) is 179 Å². The summed E-state index contributed by atoms with van der Waals surface area (Å²) in [4.78, 5) is 29.8. The zero-order chi connectivity index (χ0) is 39.8. The van der Waals surface area contributed by atoms with Gasteiger partial charge in [-0.15, -0.1) is 0 Å². The summed E-state index contributed by atoms with van der Waals surface area (Å²) in [7, 11) is 5.12. The Morgan fingerprint density at radius 1 is 0.885 bits per heavy atom. The lowest BCUT2D eigenvalue weighted by atomic mass is 9.74. The van der Waals surface area contributed by atoms with Gasteiger partial charge in [0, 0.05) is 37.3 Å². The predicted molar refractivity (Wildman–Crippen MR) is 188 cm³/mol. The molecule has 6 N–H and O–H groups in total. The molecule has 3 heterocycles. The van der Waals surface area contributed by atoms with Gasteiger partial charge in [-0.3, -0.25) is 9.59 Å². The molecule has 304 valence electrons. The molecule has 0 radical (unpaired) electrons. The van der Waals surface area contributed by atoms with E-state index in [0.717, 1.165) is 0 Å². The maximum absolute atomic E-state index is 14.1. The highest BCUT2D eigenvalue weighted by atomic mass is 16.7. The molecular weight excluding hydrogens is 682 g/mol. The molecule has 3 saturated heterocycles. The molecular formula is C37H67NO14. The van der Waals surface area contributed by atoms with Crippen LogP contribution in [0, 0.1) is 23.7 Å². The lowest BCUT2D eigenvalue weighted by molar-refractivity contribution is -0.318. The van der Waals surface area contributed by atoms with Gasteiger partial charge in [-0.1, -0.05) is 20.8 Å². The van der Waals surface area contributed by atoms with Crippen LogP contribution < -0.4 is 0 Å². The predicted octanol–water partition coefficient (Wildman–Crippen LogP) is 0.756. The molecule has 8 unspecified atom stereocenters. The Bertz CT molecular complexity index is 1200. The Morgan fingerprint density at radius 3 is 2.02 bits per heavy atom. The third-order valence-electron chi connectivity index (χ3n) is 11.8. The monoisotopic (exact) mass is 749 g/mol. The lowest BCUT2D eigenvalue weighted by Crippen LogP contribution is -2.62. The highest BCUT2D eigenvalue weighted by molar-refractivity contribution is 5.83. The van der Waals surface area contributed by atoms with Gasteiger partial charge in [0.15, 0.2) is 18.7 Å². The Morgan fingerprint density at radius 2 is 1.48 bits per heavy atom. The highest BCUT2D eigenvalue weighted by Gasteiger charge is 2.54. The van der Waals surface area contributed by atoms with Gasteiger partial charge in [0.2, 0.25) is 0 Å². The van der Waals surface area contributed by atoms with Gasteiger partial charge in [-0.2, -0.15) is 0 Å². The molecule has 0 saturated carbocycles. The minimum absolute atomic E-state index is 0.0506. The number of likely N-dealkylation sites (N-methyl/N-ethyl adjacent to an activating group) is 1. The smallest absolute Gasteiger partial charge is 0.311 e. The van der Waals surface area contributed by atoms with Gasteiger partial charge < -0.3 is 64.0 Å². The standard InChI is InChI=1S/C37H67NO14/c1-17-15-35(8,45)31(52-34-27(41)24(38(11)12)14-18(2)48-34)20(4)28(50-25-16-36(9,47-13)30(43)23(7)49-25)21(5)33(44)51-32(22(6)39)37(10,46)29(42)19(3)26(17)40/h17-25,27-32,34,39,41-43,45-46H,14-16H2,1-13H3/t17-,18?,19+,20+,21-,22+,23?,24?,25?,27?,28+,29-,30?,31-,32-,34?,35-,36?,37+/m1/s1. The molecule has 0 aromatic rings. The first-order valence-electron chi connectivity index (χ1n) is 18.5. The largest absolute Gasteiger partial charge is 0.456 e. The second-order valence-electron chi connectivity index (χ2n) is 16.7. The molecule has 0 aliphatic carbocycles. The Labute approximate surface area is 308 Å². The zero-order valence-corrected chi connectivity index (χ0v) is 33.3. The van der Waals surface area contributed by atoms with Gasteiger partial charge >= 0.3 is 5.97 Å². The highest BCUT2D eigenvalue weighted by Crippen LogP contribution is 2.40. The molecule has 3 aliphatic rings. The van der Waals surface area contributed by atoms with E-state index >= 15 is 0 Å². The van der Waals surface area contributed by atoms with Crippen molar-refractivity contribution < 1.29 is 68.6 Å². The Balaban J connectivity index is 2.21. The van der Waals surface area contributed by atoms with E-state index in [1.165, 1.54) is 41.7 Å². The quantitative estimate of drug-likeness (QED) is 0.198. The third kappa shape index (κ3) is 9.54. The average molecular weight is 750 g/mol. The van der Waals surface area contributed by atoms with Gasteiger partial charge in [-0.05, 0) is 75.4 Å².